The highest BCUT2D eigenvalue weighted by Gasteiger charge is 2.38. The molecule has 1 unspecified atom stereocenters. The molecular formula is C20H29N3O5. The Morgan fingerprint density at radius 3 is 2.39 bits per heavy atom. The van der Waals surface area contributed by atoms with Crippen LogP contribution in [-0.2, 0) is 20.9 Å². The van der Waals surface area contributed by atoms with E-state index in [1.165, 1.54) is 9.80 Å². The normalized spacial score (nSPS) is 17.1. The number of likely N-dealkylation sites (N-methyl/N-ethyl adjacent to an activating group) is 1. The van der Waals surface area contributed by atoms with Crippen molar-refractivity contribution in [2.75, 3.05) is 26.2 Å². The molecule has 0 spiro atoms. The monoisotopic (exact) mass is 391 g/mol. The van der Waals surface area contributed by atoms with Crippen LogP contribution in [0.4, 0.5) is 9.59 Å². The van der Waals surface area contributed by atoms with E-state index in [-0.39, 0.29) is 32.1 Å². The second kappa shape index (κ2) is 9.43. The maximum atomic E-state index is 12.6. The fraction of sp³-hybridized carbons (Fsp3) is 0.550. The lowest BCUT2D eigenvalue weighted by atomic mass is 10.1. The van der Waals surface area contributed by atoms with Crippen molar-refractivity contribution in [2.45, 2.75) is 45.9 Å². The number of benzene rings is 1. The topological polar surface area (TPSA) is 88.2 Å². The third-order valence-electron chi connectivity index (χ3n) is 4.13. The van der Waals surface area contributed by atoms with Gasteiger partial charge in [-0.2, -0.15) is 0 Å². The van der Waals surface area contributed by atoms with Crippen LogP contribution in [0.3, 0.4) is 0 Å². The first-order chi connectivity index (χ1) is 13.2. The minimum atomic E-state index is -0.829. The number of piperazine rings is 1. The molecule has 1 saturated heterocycles. The molecule has 2 rings (SSSR count). The zero-order valence-electron chi connectivity index (χ0n) is 16.9. The zero-order valence-corrected chi connectivity index (χ0v) is 16.9. The molecule has 8 nitrogen and oxygen atoms in total. The summed E-state index contributed by atoms with van der Waals surface area (Å²) >= 11 is 0. The molecule has 1 aromatic rings. The molecule has 28 heavy (non-hydrogen) atoms. The maximum absolute atomic E-state index is 12.6. The molecule has 0 radical (unpaired) electrons. The quantitative estimate of drug-likeness (QED) is 0.851. The van der Waals surface area contributed by atoms with Crippen molar-refractivity contribution in [1.82, 2.24) is 15.1 Å². The number of nitrogens with zero attached hydrogens (tertiary/aromatic N) is 2. The smallest absolute Gasteiger partial charge is 0.410 e. The Morgan fingerprint density at radius 1 is 1.11 bits per heavy atom. The van der Waals surface area contributed by atoms with Gasteiger partial charge in [-0.25, -0.2) is 9.59 Å². The lowest BCUT2D eigenvalue weighted by molar-refractivity contribution is -0.127. The summed E-state index contributed by atoms with van der Waals surface area (Å²) in [6.07, 6.45) is -1.08. The zero-order chi connectivity index (χ0) is 20.7. The van der Waals surface area contributed by atoms with Gasteiger partial charge in [0.25, 0.3) is 0 Å². The first kappa shape index (κ1) is 21.5. The van der Waals surface area contributed by atoms with E-state index in [0.29, 0.717) is 6.54 Å². The van der Waals surface area contributed by atoms with E-state index in [1.807, 2.05) is 30.3 Å². The second-order valence-electron chi connectivity index (χ2n) is 7.57. The highest BCUT2D eigenvalue weighted by Crippen LogP contribution is 2.17. The first-order valence-electron chi connectivity index (χ1n) is 9.44. The summed E-state index contributed by atoms with van der Waals surface area (Å²) in [4.78, 5) is 40.3. The van der Waals surface area contributed by atoms with Crippen LogP contribution < -0.4 is 5.32 Å². The number of hydrogen-bond acceptors (Lipinski definition) is 5. The highest BCUT2D eigenvalue weighted by atomic mass is 16.6. The van der Waals surface area contributed by atoms with E-state index >= 15 is 0 Å². The predicted octanol–water partition coefficient (Wildman–Crippen LogP) is 2.38. The van der Waals surface area contributed by atoms with Gasteiger partial charge in [-0.15, -0.1) is 0 Å². The SMILES string of the molecule is CCNC(=O)C1CN(C(=O)OC(C)(C)C)CCN1C(=O)OCc1ccccc1. The van der Waals surface area contributed by atoms with Crippen molar-refractivity contribution in [3.63, 3.8) is 0 Å². The first-order valence-corrected chi connectivity index (χ1v) is 9.44. The molecule has 1 N–H and O–H groups in total. The van der Waals surface area contributed by atoms with Gasteiger partial charge >= 0.3 is 12.2 Å². The summed E-state index contributed by atoms with van der Waals surface area (Å²) in [6.45, 7) is 8.20. The molecule has 1 fully saturated rings. The number of carbonyl (C=O) groups is 3. The summed E-state index contributed by atoms with van der Waals surface area (Å²) in [5, 5.41) is 2.71. The Labute approximate surface area is 165 Å². The fourth-order valence-corrected chi connectivity index (χ4v) is 2.81. The molecule has 1 aromatic carbocycles. The van der Waals surface area contributed by atoms with Gasteiger partial charge in [-0.3, -0.25) is 9.69 Å². The van der Waals surface area contributed by atoms with Crippen LogP contribution in [-0.4, -0.2) is 65.7 Å². The summed E-state index contributed by atoms with van der Waals surface area (Å²) in [7, 11) is 0. The van der Waals surface area contributed by atoms with Crippen LogP contribution in [0.1, 0.15) is 33.3 Å². The van der Waals surface area contributed by atoms with Crippen LogP contribution in [0, 0.1) is 0 Å². The van der Waals surface area contributed by atoms with E-state index in [2.05, 4.69) is 5.32 Å². The van der Waals surface area contributed by atoms with Gasteiger partial charge in [0.2, 0.25) is 5.91 Å². The van der Waals surface area contributed by atoms with Crippen molar-refractivity contribution >= 4 is 18.1 Å². The number of amides is 3. The molecule has 1 atom stereocenters. The van der Waals surface area contributed by atoms with Crippen molar-refractivity contribution in [2.24, 2.45) is 0 Å². The van der Waals surface area contributed by atoms with Gasteiger partial charge in [-0.05, 0) is 33.3 Å². The van der Waals surface area contributed by atoms with Crippen LogP contribution in [0.2, 0.25) is 0 Å². The minimum absolute atomic E-state index is 0.0567. The summed E-state index contributed by atoms with van der Waals surface area (Å²) < 4.78 is 10.8. The second-order valence-corrected chi connectivity index (χ2v) is 7.57. The van der Waals surface area contributed by atoms with Crippen LogP contribution in [0.5, 0.6) is 0 Å². The minimum Gasteiger partial charge on any atom is -0.445 e. The molecule has 1 aliphatic rings. The average molecular weight is 391 g/mol. The number of ether oxygens (including phenoxy) is 2. The molecule has 0 bridgehead atoms. The molecule has 0 aromatic heterocycles. The Bertz CT molecular complexity index is 687. The van der Waals surface area contributed by atoms with Gasteiger partial charge in [0.15, 0.2) is 0 Å². The molecule has 0 saturated carbocycles. The summed E-state index contributed by atoms with van der Waals surface area (Å²) in [6, 6.07) is 8.49. The Morgan fingerprint density at radius 2 is 1.79 bits per heavy atom. The van der Waals surface area contributed by atoms with Crippen molar-refractivity contribution < 1.29 is 23.9 Å². The van der Waals surface area contributed by atoms with Crippen molar-refractivity contribution in [3.8, 4) is 0 Å². The molecule has 1 aliphatic heterocycles. The number of carbonyl (C=O) groups excluding carboxylic acids is 3. The number of nitrogens with one attached hydrogen (secondary N) is 1. The Hall–Kier alpha value is -2.77. The van der Waals surface area contributed by atoms with Gasteiger partial charge < -0.3 is 19.7 Å². The van der Waals surface area contributed by atoms with Gasteiger partial charge in [-0.1, -0.05) is 30.3 Å². The third-order valence-corrected chi connectivity index (χ3v) is 4.13. The number of hydrogen-bond donors (Lipinski definition) is 1. The average Bonchev–Trinajstić information content (AvgIpc) is 2.65. The van der Waals surface area contributed by atoms with E-state index in [9.17, 15) is 14.4 Å². The number of rotatable bonds is 4. The third kappa shape index (κ3) is 6.14. The maximum Gasteiger partial charge on any atom is 0.410 e. The molecular weight excluding hydrogens is 362 g/mol. The molecule has 154 valence electrons. The van der Waals surface area contributed by atoms with E-state index < -0.39 is 23.8 Å². The van der Waals surface area contributed by atoms with Gasteiger partial charge in [0.05, 0.1) is 6.54 Å². The summed E-state index contributed by atoms with van der Waals surface area (Å²) in [5.74, 6) is -0.326. The largest absolute Gasteiger partial charge is 0.445 e. The molecule has 8 heteroatoms. The van der Waals surface area contributed by atoms with Crippen molar-refractivity contribution in [1.29, 1.82) is 0 Å². The summed E-state index contributed by atoms with van der Waals surface area (Å²) in [5.41, 5.74) is 0.224. The van der Waals surface area contributed by atoms with Crippen molar-refractivity contribution in [3.05, 3.63) is 35.9 Å². The lowest BCUT2D eigenvalue weighted by Gasteiger charge is -2.40. The molecule has 3 amide bonds. The van der Waals surface area contributed by atoms with Crippen LogP contribution >= 0.6 is 0 Å². The van der Waals surface area contributed by atoms with E-state index in [1.54, 1.807) is 27.7 Å². The Kier molecular flexibility index (Phi) is 7.25. The van der Waals surface area contributed by atoms with Gasteiger partial charge in [0.1, 0.15) is 18.2 Å². The lowest BCUT2D eigenvalue weighted by Crippen LogP contribution is -2.62. The van der Waals surface area contributed by atoms with Crippen LogP contribution in [0.15, 0.2) is 30.3 Å². The molecule has 0 aliphatic carbocycles. The standard InChI is InChI=1S/C20H29N3O5/c1-5-21-17(24)16-13-22(18(25)28-20(2,3)4)11-12-23(16)19(26)27-14-15-9-7-6-8-10-15/h6-10,16H,5,11-14H2,1-4H3,(H,21,24). The fourth-order valence-electron chi connectivity index (χ4n) is 2.81. The highest BCUT2D eigenvalue weighted by molar-refractivity contribution is 5.87. The van der Waals surface area contributed by atoms with Gasteiger partial charge in [0, 0.05) is 19.6 Å². The van der Waals surface area contributed by atoms with E-state index in [0.717, 1.165) is 5.56 Å². The predicted molar refractivity (Wildman–Crippen MR) is 104 cm³/mol. The van der Waals surface area contributed by atoms with Crippen LogP contribution in [0.25, 0.3) is 0 Å². The Balaban J connectivity index is 2.05. The van der Waals surface area contributed by atoms with E-state index in [4.69, 9.17) is 9.47 Å². The molecule has 1 heterocycles.